The van der Waals surface area contributed by atoms with Gasteiger partial charge in [0.1, 0.15) is 5.82 Å². The number of tetrazole rings is 1. The van der Waals surface area contributed by atoms with Crippen LogP contribution in [-0.2, 0) is 0 Å². The van der Waals surface area contributed by atoms with Crippen LogP contribution in [0.4, 0.5) is 10.1 Å². The zero-order chi connectivity index (χ0) is 15.0. The summed E-state index contributed by atoms with van der Waals surface area (Å²) in [6.45, 7) is 0. The summed E-state index contributed by atoms with van der Waals surface area (Å²) >= 11 is 9.50. The van der Waals surface area contributed by atoms with Gasteiger partial charge in [-0.15, -0.1) is 5.10 Å². The van der Waals surface area contributed by atoms with Crippen LogP contribution in [-0.4, -0.2) is 20.2 Å². The third-order valence-electron chi connectivity index (χ3n) is 2.88. The summed E-state index contributed by atoms with van der Waals surface area (Å²) < 4.78 is 15.5. The molecule has 2 aromatic carbocycles. The Labute approximate surface area is 132 Å². The summed E-state index contributed by atoms with van der Waals surface area (Å²) in [5.41, 5.74) is 7.44. The van der Waals surface area contributed by atoms with Gasteiger partial charge in [0, 0.05) is 17.3 Å². The summed E-state index contributed by atoms with van der Waals surface area (Å²) in [5.74, 6) is -0.0239. The number of anilines is 1. The number of halogens is 3. The van der Waals surface area contributed by atoms with Gasteiger partial charge in [-0.2, -0.15) is 4.68 Å². The van der Waals surface area contributed by atoms with E-state index in [9.17, 15) is 4.39 Å². The minimum Gasteiger partial charge on any atom is -0.398 e. The van der Waals surface area contributed by atoms with Crippen LogP contribution in [0.25, 0.3) is 17.1 Å². The maximum absolute atomic E-state index is 13.4. The summed E-state index contributed by atoms with van der Waals surface area (Å²) in [5, 5.41) is 11.8. The molecule has 1 aromatic heterocycles. The molecule has 2 N–H and O–H groups in total. The van der Waals surface area contributed by atoms with Gasteiger partial charge in [-0.25, -0.2) is 4.39 Å². The van der Waals surface area contributed by atoms with Crippen molar-refractivity contribution in [2.45, 2.75) is 0 Å². The van der Waals surface area contributed by atoms with E-state index in [4.69, 9.17) is 17.3 Å². The van der Waals surface area contributed by atoms with Crippen LogP contribution in [0.3, 0.4) is 0 Å². The van der Waals surface area contributed by atoms with Crippen molar-refractivity contribution in [3.63, 3.8) is 0 Å². The van der Waals surface area contributed by atoms with Gasteiger partial charge < -0.3 is 5.73 Å². The van der Waals surface area contributed by atoms with Crippen LogP contribution in [0.5, 0.6) is 0 Å². The lowest BCUT2D eigenvalue weighted by Gasteiger charge is -2.09. The van der Waals surface area contributed by atoms with Crippen LogP contribution in [0.1, 0.15) is 0 Å². The zero-order valence-electron chi connectivity index (χ0n) is 10.5. The van der Waals surface area contributed by atoms with E-state index in [1.165, 1.54) is 22.9 Å². The number of benzene rings is 2. The third-order valence-corrected chi connectivity index (χ3v) is 4.08. The molecule has 21 heavy (non-hydrogen) atoms. The highest BCUT2D eigenvalue weighted by Gasteiger charge is 2.17. The molecule has 106 valence electrons. The first-order valence-corrected chi connectivity index (χ1v) is 7.03. The molecule has 0 radical (unpaired) electrons. The molecule has 0 aliphatic rings. The second-order valence-electron chi connectivity index (χ2n) is 4.22. The molecule has 0 aliphatic heterocycles. The molecule has 0 saturated carbocycles. The van der Waals surface area contributed by atoms with Crippen molar-refractivity contribution in [2.24, 2.45) is 0 Å². The van der Waals surface area contributed by atoms with E-state index in [0.29, 0.717) is 32.3 Å². The van der Waals surface area contributed by atoms with Crippen molar-refractivity contribution in [1.29, 1.82) is 0 Å². The van der Waals surface area contributed by atoms with Crippen molar-refractivity contribution >= 4 is 33.2 Å². The fourth-order valence-corrected chi connectivity index (χ4v) is 2.53. The Balaban J connectivity index is 2.22. The highest BCUT2D eigenvalue weighted by atomic mass is 79.9. The second kappa shape index (κ2) is 5.42. The molecule has 0 atom stereocenters. The second-order valence-corrected chi connectivity index (χ2v) is 5.42. The van der Waals surface area contributed by atoms with Gasteiger partial charge in [0.15, 0.2) is 5.82 Å². The SMILES string of the molecule is Nc1cccc(-c2nnnn2-c2cc(F)ccc2Cl)c1Br. The van der Waals surface area contributed by atoms with Crippen LogP contribution in [0.2, 0.25) is 5.02 Å². The summed E-state index contributed by atoms with van der Waals surface area (Å²) in [6, 6.07) is 9.31. The number of nitrogen functional groups attached to an aromatic ring is 1. The maximum atomic E-state index is 13.4. The molecule has 3 rings (SSSR count). The van der Waals surface area contributed by atoms with Gasteiger partial charge in [0.25, 0.3) is 0 Å². The number of nitrogens with two attached hydrogens (primary N) is 1. The van der Waals surface area contributed by atoms with Gasteiger partial charge in [-0.1, -0.05) is 17.7 Å². The largest absolute Gasteiger partial charge is 0.398 e. The molecule has 1 heterocycles. The molecule has 0 saturated heterocycles. The summed E-state index contributed by atoms with van der Waals surface area (Å²) in [7, 11) is 0. The molecular weight excluding hydrogens is 361 g/mol. The van der Waals surface area contributed by atoms with Crippen molar-refractivity contribution in [1.82, 2.24) is 20.2 Å². The lowest BCUT2D eigenvalue weighted by atomic mass is 10.2. The Kier molecular flexibility index (Phi) is 3.60. The Morgan fingerprint density at radius 3 is 2.86 bits per heavy atom. The van der Waals surface area contributed by atoms with Crippen molar-refractivity contribution in [3.05, 3.63) is 51.7 Å². The van der Waals surface area contributed by atoms with Gasteiger partial charge in [-0.3, -0.25) is 0 Å². The predicted octanol–water partition coefficient (Wildman–Crippen LogP) is 3.47. The topological polar surface area (TPSA) is 69.6 Å². The fraction of sp³-hybridized carbons (Fsp3) is 0. The molecule has 0 unspecified atom stereocenters. The Morgan fingerprint density at radius 2 is 2.05 bits per heavy atom. The predicted molar refractivity (Wildman–Crippen MR) is 81.7 cm³/mol. The van der Waals surface area contributed by atoms with Gasteiger partial charge in [0.05, 0.1) is 15.2 Å². The minimum absolute atomic E-state index is 0.338. The first-order valence-electron chi connectivity index (χ1n) is 5.86. The Morgan fingerprint density at radius 1 is 1.24 bits per heavy atom. The van der Waals surface area contributed by atoms with Crippen molar-refractivity contribution in [2.75, 3.05) is 5.73 Å². The molecule has 0 bridgehead atoms. The molecule has 8 heteroatoms. The number of nitrogens with zero attached hydrogens (tertiary/aromatic N) is 4. The van der Waals surface area contributed by atoms with E-state index in [1.54, 1.807) is 18.2 Å². The lowest BCUT2D eigenvalue weighted by molar-refractivity contribution is 0.625. The smallest absolute Gasteiger partial charge is 0.188 e. The molecule has 5 nitrogen and oxygen atoms in total. The Bertz CT molecular complexity index is 804. The maximum Gasteiger partial charge on any atom is 0.188 e. The van der Waals surface area contributed by atoms with Gasteiger partial charge >= 0.3 is 0 Å². The zero-order valence-corrected chi connectivity index (χ0v) is 12.8. The van der Waals surface area contributed by atoms with Crippen LogP contribution < -0.4 is 5.73 Å². The standard InChI is InChI=1S/C13H8BrClFN5/c14-12-8(2-1-3-10(12)17)13-18-19-20-21(13)11-6-7(16)4-5-9(11)15/h1-6H,17H2. The molecule has 0 amide bonds. The van der Waals surface area contributed by atoms with E-state index in [0.717, 1.165) is 0 Å². The van der Waals surface area contributed by atoms with Crippen molar-refractivity contribution < 1.29 is 4.39 Å². The molecular formula is C13H8BrClFN5. The average Bonchev–Trinajstić information content (AvgIpc) is 2.93. The van der Waals surface area contributed by atoms with E-state index in [1.807, 2.05) is 0 Å². The first kappa shape index (κ1) is 14.0. The number of hydrogen-bond acceptors (Lipinski definition) is 4. The fourth-order valence-electron chi connectivity index (χ4n) is 1.89. The summed E-state index contributed by atoms with van der Waals surface area (Å²) in [6.07, 6.45) is 0. The Hall–Kier alpha value is -1.99. The lowest BCUT2D eigenvalue weighted by Crippen LogP contribution is -2.02. The monoisotopic (exact) mass is 367 g/mol. The number of hydrogen-bond donors (Lipinski definition) is 1. The van der Waals surface area contributed by atoms with E-state index in [2.05, 4.69) is 31.5 Å². The minimum atomic E-state index is -0.428. The van der Waals surface area contributed by atoms with Crippen molar-refractivity contribution in [3.8, 4) is 17.1 Å². The van der Waals surface area contributed by atoms with Crippen LogP contribution >= 0.6 is 27.5 Å². The highest BCUT2D eigenvalue weighted by molar-refractivity contribution is 9.10. The van der Waals surface area contributed by atoms with Crippen LogP contribution in [0.15, 0.2) is 40.9 Å². The van der Waals surface area contributed by atoms with Crippen LogP contribution in [0, 0.1) is 5.82 Å². The van der Waals surface area contributed by atoms with E-state index >= 15 is 0 Å². The van der Waals surface area contributed by atoms with Gasteiger partial charge in [-0.05, 0) is 50.6 Å². The quantitative estimate of drug-likeness (QED) is 0.703. The molecule has 0 fully saturated rings. The average molecular weight is 369 g/mol. The molecule has 0 spiro atoms. The highest BCUT2D eigenvalue weighted by Crippen LogP contribution is 2.33. The number of aromatic nitrogens is 4. The molecule has 3 aromatic rings. The number of rotatable bonds is 2. The van der Waals surface area contributed by atoms with E-state index < -0.39 is 5.82 Å². The van der Waals surface area contributed by atoms with E-state index in [-0.39, 0.29) is 0 Å². The molecule has 0 aliphatic carbocycles. The third kappa shape index (κ3) is 2.50. The first-order chi connectivity index (χ1) is 10.1. The summed E-state index contributed by atoms with van der Waals surface area (Å²) in [4.78, 5) is 0. The van der Waals surface area contributed by atoms with Gasteiger partial charge in [0.2, 0.25) is 0 Å². The normalized spacial score (nSPS) is 10.8.